The lowest BCUT2D eigenvalue weighted by Crippen LogP contribution is -2.46. The molecule has 1 aliphatic rings. The monoisotopic (exact) mass is 338 g/mol. The Morgan fingerprint density at radius 3 is 2.48 bits per heavy atom. The van der Waals surface area contributed by atoms with Crippen LogP contribution in [-0.4, -0.2) is 25.0 Å². The number of ether oxygens (including phenoxy) is 1. The van der Waals surface area contributed by atoms with Crippen molar-refractivity contribution in [1.29, 1.82) is 0 Å². The van der Waals surface area contributed by atoms with Crippen molar-refractivity contribution in [2.45, 2.75) is 25.8 Å². The Labute approximate surface area is 147 Å². The van der Waals surface area contributed by atoms with Crippen molar-refractivity contribution in [3.05, 3.63) is 65.2 Å². The van der Waals surface area contributed by atoms with Crippen molar-refractivity contribution in [1.82, 2.24) is 5.32 Å². The molecule has 0 radical (unpaired) electrons. The Morgan fingerprint density at radius 2 is 1.84 bits per heavy atom. The third kappa shape index (κ3) is 3.56. The molecule has 1 aliphatic heterocycles. The van der Waals surface area contributed by atoms with E-state index in [1.807, 2.05) is 37.3 Å². The van der Waals surface area contributed by atoms with Crippen LogP contribution in [0.1, 0.15) is 34.8 Å². The molecule has 0 saturated carbocycles. The second kappa shape index (κ2) is 7.07. The first-order valence-corrected chi connectivity index (χ1v) is 8.35. The molecule has 0 spiro atoms. The summed E-state index contributed by atoms with van der Waals surface area (Å²) in [5, 5.41) is 5.93. The van der Waals surface area contributed by atoms with Crippen LogP contribution in [0.4, 0.5) is 5.69 Å². The Bertz CT molecular complexity index is 781. The van der Waals surface area contributed by atoms with Crippen molar-refractivity contribution in [3.8, 4) is 0 Å². The normalized spacial score (nSPS) is 19.4. The molecule has 2 N–H and O–H groups in total. The first-order valence-electron chi connectivity index (χ1n) is 8.35. The number of anilines is 1. The molecule has 1 heterocycles. The first kappa shape index (κ1) is 17.2. The highest BCUT2D eigenvalue weighted by molar-refractivity contribution is 5.99. The Morgan fingerprint density at radius 1 is 1.08 bits per heavy atom. The third-order valence-corrected chi connectivity index (χ3v) is 4.59. The van der Waals surface area contributed by atoms with Crippen LogP contribution >= 0.6 is 0 Å². The van der Waals surface area contributed by atoms with Crippen molar-refractivity contribution < 1.29 is 14.3 Å². The predicted octanol–water partition coefficient (Wildman–Crippen LogP) is 3.00. The second-order valence-electron chi connectivity index (χ2n) is 6.36. The van der Waals surface area contributed by atoms with E-state index in [9.17, 15) is 9.59 Å². The van der Waals surface area contributed by atoms with E-state index in [4.69, 9.17) is 4.74 Å². The van der Waals surface area contributed by atoms with E-state index in [0.29, 0.717) is 24.5 Å². The summed E-state index contributed by atoms with van der Waals surface area (Å²) in [6.45, 7) is 4.35. The lowest BCUT2D eigenvalue weighted by atomic mass is 9.88. The average molecular weight is 338 g/mol. The Kier molecular flexibility index (Phi) is 4.86. The van der Waals surface area contributed by atoms with Crippen molar-refractivity contribution in [3.63, 3.8) is 0 Å². The van der Waals surface area contributed by atoms with Gasteiger partial charge in [0.25, 0.3) is 5.91 Å². The molecule has 1 unspecified atom stereocenters. The number of hydrogen-bond donors (Lipinski definition) is 2. The van der Waals surface area contributed by atoms with E-state index >= 15 is 0 Å². The van der Waals surface area contributed by atoms with Crippen LogP contribution in [0.15, 0.2) is 48.5 Å². The molecule has 3 rings (SSSR count). The molecule has 5 nitrogen and oxygen atoms in total. The topological polar surface area (TPSA) is 67.4 Å². The Hall–Kier alpha value is -2.66. The number of benzene rings is 2. The van der Waals surface area contributed by atoms with Crippen LogP contribution in [-0.2, 0) is 15.1 Å². The maximum Gasteiger partial charge on any atom is 0.252 e. The zero-order valence-electron chi connectivity index (χ0n) is 14.5. The molecule has 0 aliphatic carbocycles. The number of amides is 2. The first-order chi connectivity index (χ1) is 12.0. The van der Waals surface area contributed by atoms with Gasteiger partial charge in [0.2, 0.25) is 5.91 Å². The predicted molar refractivity (Wildman–Crippen MR) is 96.5 cm³/mol. The largest absolute Gasteiger partial charge is 0.379 e. The summed E-state index contributed by atoms with van der Waals surface area (Å²) in [5.74, 6) is -0.329. The third-order valence-electron chi connectivity index (χ3n) is 4.59. The maximum atomic E-state index is 13.0. The van der Waals surface area contributed by atoms with Gasteiger partial charge in [0.05, 0.1) is 12.1 Å². The van der Waals surface area contributed by atoms with Crippen LogP contribution in [0.5, 0.6) is 0 Å². The van der Waals surface area contributed by atoms with Gasteiger partial charge in [-0.25, -0.2) is 0 Å². The van der Waals surface area contributed by atoms with Gasteiger partial charge in [-0.2, -0.15) is 0 Å². The lowest BCUT2D eigenvalue weighted by Gasteiger charge is -2.30. The molecule has 25 heavy (non-hydrogen) atoms. The van der Waals surface area contributed by atoms with Gasteiger partial charge in [-0.3, -0.25) is 9.59 Å². The number of carbonyl (C=O) groups excluding carboxylic acids is 2. The number of hydrogen-bond acceptors (Lipinski definition) is 3. The standard InChI is InChI=1S/C20H22N2O3/c1-14-17(9-6-10-18(14)21-15(2)23)19(24)22-20(11-12-25-13-20)16-7-4-3-5-8-16/h3-10H,11-13H2,1-2H3,(H,21,23)(H,22,24). The zero-order valence-corrected chi connectivity index (χ0v) is 14.5. The molecule has 2 aromatic carbocycles. The van der Waals surface area contributed by atoms with Crippen LogP contribution < -0.4 is 10.6 Å². The summed E-state index contributed by atoms with van der Waals surface area (Å²) < 4.78 is 5.59. The van der Waals surface area contributed by atoms with Gasteiger partial charge < -0.3 is 15.4 Å². The number of carbonyl (C=O) groups is 2. The minimum Gasteiger partial charge on any atom is -0.379 e. The fraction of sp³-hybridized carbons (Fsp3) is 0.300. The minimum absolute atomic E-state index is 0.161. The zero-order chi connectivity index (χ0) is 17.9. The summed E-state index contributed by atoms with van der Waals surface area (Å²) in [4.78, 5) is 24.3. The molecule has 5 heteroatoms. The molecular weight excluding hydrogens is 316 g/mol. The second-order valence-corrected chi connectivity index (χ2v) is 6.36. The highest BCUT2D eigenvalue weighted by Crippen LogP contribution is 2.31. The Balaban J connectivity index is 1.89. The van der Waals surface area contributed by atoms with Gasteiger partial charge in [0, 0.05) is 31.2 Å². The summed E-state index contributed by atoms with van der Waals surface area (Å²) in [5.41, 5.74) is 2.47. The molecule has 0 aromatic heterocycles. The van der Waals surface area contributed by atoms with E-state index < -0.39 is 5.54 Å². The van der Waals surface area contributed by atoms with Gasteiger partial charge in [0.15, 0.2) is 0 Å². The van der Waals surface area contributed by atoms with E-state index in [0.717, 1.165) is 17.5 Å². The van der Waals surface area contributed by atoms with Crippen LogP contribution in [0, 0.1) is 6.92 Å². The quantitative estimate of drug-likeness (QED) is 0.900. The lowest BCUT2D eigenvalue weighted by molar-refractivity contribution is -0.114. The summed E-state index contributed by atoms with van der Waals surface area (Å²) >= 11 is 0. The SMILES string of the molecule is CC(=O)Nc1cccc(C(=O)NC2(c3ccccc3)CCOC2)c1C. The van der Waals surface area contributed by atoms with Crippen molar-refractivity contribution >= 4 is 17.5 Å². The molecule has 1 atom stereocenters. The van der Waals surface area contributed by atoms with Gasteiger partial charge in [-0.05, 0) is 30.2 Å². The molecule has 130 valence electrons. The molecule has 2 amide bonds. The highest BCUT2D eigenvalue weighted by Gasteiger charge is 2.38. The van der Waals surface area contributed by atoms with E-state index in [1.54, 1.807) is 18.2 Å². The molecule has 2 aromatic rings. The van der Waals surface area contributed by atoms with E-state index in [2.05, 4.69) is 10.6 Å². The minimum atomic E-state index is -0.519. The molecule has 0 bridgehead atoms. The summed E-state index contributed by atoms with van der Waals surface area (Å²) in [7, 11) is 0. The van der Waals surface area contributed by atoms with Crippen molar-refractivity contribution in [2.75, 3.05) is 18.5 Å². The number of nitrogens with one attached hydrogen (secondary N) is 2. The smallest absolute Gasteiger partial charge is 0.252 e. The van der Waals surface area contributed by atoms with Gasteiger partial charge in [-0.1, -0.05) is 36.4 Å². The van der Waals surface area contributed by atoms with Crippen LogP contribution in [0.25, 0.3) is 0 Å². The summed E-state index contributed by atoms with van der Waals surface area (Å²) in [6, 6.07) is 15.2. The van der Waals surface area contributed by atoms with Gasteiger partial charge in [-0.15, -0.1) is 0 Å². The van der Waals surface area contributed by atoms with Crippen LogP contribution in [0.3, 0.4) is 0 Å². The van der Waals surface area contributed by atoms with Crippen LogP contribution in [0.2, 0.25) is 0 Å². The fourth-order valence-electron chi connectivity index (χ4n) is 3.21. The molecular formula is C20H22N2O3. The van der Waals surface area contributed by atoms with Crippen molar-refractivity contribution in [2.24, 2.45) is 0 Å². The molecule has 1 saturated heterocycles. The average Bonchev–Trinajstić information content (AvgIpc) is 3.07. The number of rotatable bonds is 4. The highest BCUT2D eigenvalue weighted by atomic mass is 16.5. The van der Waals surface area contributed by atoms with E-state index in [-0.39, 0.29) is 11.8 Å². The fourth-order valence-corrected chi connectivity index (χ4v) is 3.21. The summed E-state index contributed by atoms with van der Waals surface area (Å²) in [6.07, 6.45) is 0.729. The van der Waals surface area contributed by atoms with Gasteiger partial charge in [0.1, 0.15) is 0 Å². The van der Waals surface area contributed by atoms with E-state index in [1.165, 1.54) is 6.92 Å². The van der Waals surface area contributed by atoms with Gasteiger partial charge >= 0.3 is 0 Å². The molecule has 1 fully saturated rings. The maximum absolute atomic E-state index is 13.0.